The van der Waals surface area contributed by atoms with Crippen LogP contribution < -0.4 is 5.32 Å². The maximum atomic E-state index is 11.9. The van der Waals surface area contributed by atoms with Gasteiger partial charge in [0, 0.05) is 31.0 Å². The van der Waals surface area contributed by atoms with Gasteiger partial charge in [0.25, 0.3) is 5.24 Å². The number of carbonyl (C=O) groups is 2. The molecule has 1 aromatic carbocycles. The summed E-state index contributed by atoms with van der Waals surface area (Å²) < 4.78 is 0. The first kappa shape index (κ1) is 15.9. The SMILES string of the molecule is CC(C)(C)c1ccc(NC(=O)CCN2CCSC2=O)cc1. The van der Waals surface area contributed by atoms with Crippen molar-refractivity contribution in [2.45, 2.75) is 32.6 Å². The Balaban J connectivity index is 1.83. The number of anilines is 1. The molecule has 114 valence electrons. The van der Waals surface area contributed by atoms with Crippen molar-refractivity contribution in [1.29, 1.82) is 0 Å². The number of hydrogen-bond acceptors (Lipinski definition) is 3. The number of benzene rings is 1. The minimum atomic E-state index is -0.0526. The lowest BCUT2D eigenvalue weighted by Crippen LogP contribution is -2.27. The van der Waals surface area contributed by atoms with E-state index in [-0.39, 0.29) is 16.6 Å². The van der Waals surface area contributed by atoms with Gasteiger partial charge in [-0.1, -0.05) is 44.7 Å². The van der Waals surface area contributed by atoms with E-state index in [1.54, 1.807) is 4.90 Å². The van der Waals surface area contributed by atoms with Crippen LogP contribution in [0.4, 0.5) is 10.5 Å². The predicted molar refractivity (Wildman–Crippen MR) is 87.8 cm³/mol. The normalized spacial score (nSPS) is 15.4. The zero-order chi connectivity index (χ0) is 15.5. The zero-order valence-electron chi connectivity index (χ0n) is 12.8. The van der Waals surface area contributed by atoms with Crippen molar-refractivity contribution in [1.82, 2.24) is 4.90 Å². The molecule has 1 aromatic rings. The molecule has 0 aromatic heterocycles. The van der Waals surface area contributed by atoms with E-state index in [9.17, 15) is 9.59 Å². The second kappa shape index (κ2) is 6.52. The molecule has 4 nitrogen and oxygen atoms in total. The van der Waals surface area contributed by atoms with Crippen LogP contribution in [0.5, 0.6) is 0 Å². The Labute approximate surface area is 130 Å². The zero-order valence-corrected chi connectivity index (χ0v) is 13.6. The molecule has 5 heteroatoms. The fraction of sp³-hybridized carbons (Fsp3) is 0.500. The van der Waals surface area contributed by atoms with E-state index in [0.717, 1.165) is 18.0 Å². The molecule has 1 saturated heterocycles. The lowest BCUT2D eigenvalue weighted by molar-refractivity contribution is -0.116. The van der Waals surface area contributed by atoms with E-state index in [4.69, 9.17) is 0 Å². The van der Waals surface area contributed by atoms with E-state index < -0.39 is 0 Å². The Morgan fingerprint density at radius 1 is 1.29 bits per heavy atom. The van der Waals surface area contributed by atoms with E-state index >= 15 is 0 Å². The Bertz CT molecular complexity index is 520. The molecule has 2 rings (SSSR count). The van der Waals surface area contributed by atoms with Crippen molar-refractivity contribution < 1.29 is 9.59 Å². The predicted octanol–water partition coefficient (Wildman–Crippen LogP) is 3.48. The highest BCUT2D eigenvalue weighted by molar-refractivity contribution is 8.13. The van der Waals surface area contributed by atoms with Gasteiger partial charge in [-0.2, -0.15) is 0 Å². The third-order valence-electron chi connectivity index (χ3n) is 3.49. The monoisotopic (exact) mass is 306 g/mol. The summed E-state index contributed by atoms with van der Waals surface area (Å²) in [6, 6.07) is 7.93. The summed E-state index contributed by atoms with van der Waals surface area (Å²) in [7, 11) is 0. The van der Waals surface area contributed by atoms with Crippen molar-refractivity contribution >= 4 is 28.6 Å². The lowest BCUT2D eigenvalue weighted by Gasteiger charge is -2.19. The number of nitrogens with zero attached hydrogens (tertiary/aromatic N) is 1. The first-order valence-electron chi connectivity index (χ1n) is 7.18. The second-order valence-corrected chi connectivity index (χ2v) is 7.27. The molecule has 1 fully saturated rings. The molecule has 2 amide bonds. The second-order valence-electron chi connectivity index (χ2n) is 6.23. The summed E-state index contributed by atoms with van der Waals surface area (Å²) in [6.07, 6.45) is 0.341. The molecule has 0 bridgehead atoms. The van der Waals surface area contributed by atoms with Crippen LogP contribution >= 0.6 is 11.8 Å². The van der Waals surface area contributed by atoms with Gasteiger partial charge in [0.2, 0.25) is 5.91 Å². The Hall–Kier alpha value is -1.49. The fourth-order valence-corrected chi connectivity index (χ4v) is 2.99. The molecular formula is C16H22N2O2S. The highest BCUT2D eigenvalue weighted by atomic mass is 32.2. The summed E-state index contributed by atoms with van der Waals surface area (Å²) >= 11 is 1.32. The third kappa shape index (κ3) is 4.49. The Morgan fingerprint density at radius 3 is 2.48 bits per heavy atom. The lowest BCUT2D eigenvalue weighted by atomic mass is 9.87. The van der Waals surface area contributed by atoms with Crippen LogP contribution in [0.15, 0.2) is 24.3 Å². The van der Waals surface area contributed by atoms with Gasteiger partial charge in [0.05, 0.1) is 0 Å². The molecule has 21 heavy (non-hydrogen) atoms. The molecule has 0 atom stereocenters. The van der Waals surface area contributed by atoms with E-state index in [0.29, 0.717) is 13.0 Å². The average molecular weight is 306 g/mol. The number of carbonyl (C=O) groups excluding carboxylic acids is 2. The smallest absolute Gasteiger partial charge is 0.281 e. The number of hydrogen-bond donors (Lipinski definition) is 1. The van der Waals surface area contributed by atoms with Crippen molar-refractivity contribution in [2.75, 3.05) is 24.2 Å². The largest absolute Gasteiger partial charge is 0.332 e. The van der Waals surface area contributed by atoms with Gasteiger partial charge < -0.3 is 10.2 Å². The van der Waals surface area contributed by atoms with Crippen LogP contribution in [-0.4, -0.2) is 34.9 Å². The Kier molecular flexibility index (Phi) is 4.93. The maximum absolute atomic E-state index is 11.9. The van der Waals surface area contributed by atoms with Gasteiger partial charge in [-0.25, -0.2) is 0 Å². The fourth-order valence-electron chi connectivity index (χ4n) is 2.14. The third-order valence-corrected chi connectivity index (χ3v) is 4.38. The van der Waals surface area contributed by atoms with Gasteiger partial charge in [0.15, 0.2) is 0 Å². The first-order chi connectivity index (χ1) is 9.86. The number of nitrogens with one attached hydrogen (secondary N) is 1. The number of thioether (sulfide) groups is 1. The van der Waals surface area contributed by atoms with Crippen molar-refractivity contribution in [3.63, 3.8) is 0 Å². The van der Waals surface area contributed by atoms with E-state index in [2.05, 4.69) is 26.1 Å². The van der Waals surface area contributed by atoms with Crippen molar-refractivity contribution in [2.24, 2.45) is 0 Å². The van der Waals surface area contributed by atoms with Gasteiger partial charge in [-0.15, -0.1) is 0 Å². The standard InChI is InChI=1S/C16H22N2O2S/c1-16(2,3)12-4-6-13(7-5-12)17-14(19)8-9-18-10-11-21-15(18)20/h4-7H,8-11H2,1-3H3,(H,17,19). The van der Waals surface area contributed by atoms with E-state index in [1.807, 2.05) is 24.3 Å². The van der Waals surface area contributed by atoms with Gasteiger partial charge in [-0.3, -0.25) is 9.59 Å². The van der Waals surface area contributed by atoms with Crippen LogP contribution in [0.25, 0.3) is 0 Å². The first-order valence-corrected chi connectivity index (χ1v) is 8.17. The van der Waals surface area contributed by atoms with Gasteiger partial charge >= 0.3 is 0 Å². The summed E-state index contributed by atoms with van der Waals surface area (Å²) in [4.78, 5) is 25.1. The maximum Gasteiger partial charge on any atom is 0.281 e. The van der Waals surface area contributed by atoms with Crippen LogP contribution in [0.3, 0.4) is 0 Å². The van der Waals surface area contributed by atoms with Crippen molar-refractivity contribution in [3.05, 3.63) is 29.8 Å². The summed E-state index contributed by atoms with van der Waals surface area (Å²) in [6.45, 7) is 7.72. The highest BCUT2D eigenvalue weighted by Gasteiger charge is 2.21. The molecule has 1 aliphatic heterocycles. The molecule has 0 saturated carbocycles. The van der Waals surface area contributed by atoms with Crippen LogP contribution in [0, 0.1) is 0 Å². The molecule has 0 spiro atoms. The number of amides is 2. The van der Waals surface area contributed by atoms with Crippen LogP contribution in [0.2, 0.25) is 0 Å². The average Bonchev–Trinajstić information content (AvgIpc) is 2.81. The van der Waals surface area contributed by atoms with Gasteiger partial charge in [0.1, 0.15) is 0 Å². The molecule has 0 aliphatic carbocycles. The van der Waals surface area contributed by atoms with Crippen molar-refractivity contribution in [3.8, 4) is 0 Å². The minimum Gasteiger partial charge on any atom is -0.332 e. The molecule has 1 heterocycles. The van der Waals surface area contributed by atoms with Crippen LogP contribution in [-0.2, 0) is 10.2 Å². The Morgan fingerprint density at radius 2 is 1.95 bits per heavy atom. The molecule has 1 N–H and O–H groups in total. The molecule has 0 radical (unpaired) electrons. The number of rotatable bonds is 4. The molecule has 1 aliphatic rings. The summed E-state index contributed by atoms with van der Waals surface area (Å²) in [5.74, 6) is 0.776. The highest BCUT2D eigenvalue weighted by Crippen LogP contribution is 2.23. The van der Waals surface area contributed by atoms with E-state index in [1.165, 1.54) is 17.3 Å². The summed E-state index contributed by atoms with van der Waals surface area (Å²) in [5, 5.41) is 2.96. The molecule has 0 unspecified atom stereocenters. The quantitative estimate of drug-likeness (QED) is 0.926. The summed E-state index contributed by atoms with van der Waals surface area (Å²) in [5.41, 5.74) is 2.14. The van der Waals surface area contributed by atoms with Crippen LogP contribution in [0.1, 0.15) is 32.8 Å². The minimum absolute atomic E-state index is 0.0526. The van der Waals surface area contributed by atoms with Gasteiger partial charge in [-0.05, 0) is 23.1 Å². The topological polar surface area (TPSA) is 49.4 Å². The molecular weight excluding hydrogens is 284 g/mol.